The number of fused-ring (bicyclic) bond motifs is 1. The van der Waals surface area contributed by atoms with Crippen molar-refractivity contribution in [3.05, 3.63) is 78.6 Å². The van der Waals surface area contributed by atoms with Gasteiger partial charge in [-0.2, -0.15) is 4.31 Å². The first-order chi connectivity index (χ1) is 17.0. The molecule has 5 rings (SSSR count). The second kappa shape index (κ2) is 10.1. The number of nitrogens with zero attached hydrogens (tertiary/aromatic N) is 3. The van der Waals surface area contributed by atoms with Crippen LogP contribution in [0.5, 0.6) is 5.75 Å². The molecule has 0 radical (unpaired) electrons. The molecule has 0 unspecified atom stereocenters. The molecule has 1 aromatic heterocycles. The van der Waals surface area contributed by atoms with Crippen molar-refractivity contribution >= 4 is 10.0 Å². The molecule has 0 bridgehead atoms. The molecule has 3 atom stereocenters. The topological polar surface area (TPSA) is 83.0 Å². The minimum Gasteiger partial charge on any atom is -0.497 e. The zero-order valence-corrected chi connectivity index (χ0v) is 20.6. The van der Waals surface area contributed by atoms with Crippen molar-refractivity contribution in [3.63, 3.8) is 0 Å². The summed E-state index contributed by atoms with van der Waals surface area (Å²) in [4.78, 5) is 6.77. The van der Waals surface area contributed by atoms with Crippen LogP contribution >= 0.6 is 0 Å². The summed E-state index contributed by atoms with van der Waals surface area (Å²) in [6.07, 6.45) is 5.29. The van der Waals surface area contributed by atoms with E-state index in [2.05, 4.69) is 34.1 Å². The third kappa shape index (κ3) is 4.59. The Balaban J connectivity index is 1.41. The van der Waals surface area contributed by atoms with E-state index in [0.717, 1.165) is 36.1 Å². The van der Waals surface area contributed by atoms with E-state index in [9.17, 15) is 13.5 Å². The van der Waals surface area contributed by atoms with Crippen molar-refractivity contribution < 1.29 is 18.3 Å². The highest BCUT2D eigenvalue weighted by molar-refractivity contribution is 7.89. The molecule has 35 heavy (non-hydrogen) atoms. The molecular weight excluding hydrogens is 462 g/mol. The number of methoxy groups -OCH3 is 1. The monoisotopic (exact) mass is 493 g/mol. The molecule has 8 heteroatoms. The summed E-state index contributed by atoms with van der Waals surface area (Å²) in [5.74, 6) is 0.692. The predicted molar refractivity (Wildman–Crippen MR) is 135 cm³/mol. The van der Waals surface area contributed by atoms with E-state index >= 15 is 0 Å². The average molecular weight is 494 g/mol. The molecule has 184 valence electrons. The molecule has 7 nitrogen and oxygen atoms in total. The molecule has 2 aliphatic rings. The molecule has 0 spiro atoms. The van der Waals surface area contributed by atoms with Gasteiger partial charge in [-0.15, -0.1) is 0 Å². The molecule has 2 aromatic carbocycles. The summed E-state index contributed by atoms with van der Waals surface area (Å²) in [5.41, 5.74) is 3.26. The second-order valence-electron chi connectivity index (χ2n) is 9.19. The Bertz CT molecular complexity index is 1230. The SMILES string of the molecule is COc1ccc(S(=O)(=O)N2CCCCN3[C@H](CO)[C@H](c4ccc(-c5cccnc5)cc4)[C@H]3C2)cc1. The van der Waals surface area contributed by atoms with Crippen molar-refractivity contribution in [2.45, 2.75) is 35.7 Å². The van der Waals surface area contributed by atoms with Crippen LogP contribution in [0, 0.1) is 0 Å². The first kappa shape index (κ1) is 23.9. The summed E-state index contributed by atoms with van der Waals surface area (Å²) in [6.45, 7) is 1.82. The summed E-state index contributed by atoms with van der Waals surface area (Å²) < 4.78 is 33.9. The summed E-state index contributed by atoms with van der Waals surface area (Å²) >= 11 is 0. The van der Waals surface area contributed by atoms with Crippen molar-refractivity contribution in [2.24, 2.45) is 0 Å². The molecule has 1 N–H and O–H groups in total. The van der Waals surface area contributed by atoms with Crippen molar-refractivity contribution in [3.8, 4) is 16.9 Å². The van der Waals surface area contributed by atoms with Crippen LogP contribution in [0.3, 0.4) is 0 Å². The highest BCUT2D eigenvalue weighted by atomic mass is 32.2. The van der Waals surface area contributed by atoms with E-state index in [1.54, 1.807) is 41.9 Å². The lowest BCUT2D eigenvalue weighted by atomic mass is 9.74. The van der Waals surface area contributed by atoms with Gasteiger partial charge in [-0.05, 0) is 66.4 Å². The van der Waals surface area contributed by atoms with E-state index in [-0.39, 0.29) is 29.5 Å². The first-order valence-electron chi connectivity index (χ1n) is 12.0. The normalized spacial score (nSPS) is 23.5. The maximum atomic E-state index is 13.5. The van der Waals surface area contributed by atoms with Gasteiger partial charge in [0.2, 0.25) is 10.0 Å². The van der Waals surface area contributed by atoms with Gasteiger partial charge in [-0.3, -0.25) is 9.88 Å². The number of benzene rings is 2. The molecule has 2 fully saturated rings. The first-order valence-corrected chi connectivity index (χ1v) is 13.5. The van der Waals surface area contributed by atoms with E-state index in [1.807, 2.05) is 18.3 Å². The highest BCUT2D eigenvalue weighted by Crippen LogP contribution is 2.43. The zero-order valence-electron chi connectivity index (χ0n) is 19.8. The van der Waals surface area contributed by atoms with E-state index < -0.39 is 10.0 Å². The van der Waals surface area contributed by atoms with Gasteiger partial charge >= 0.3 is 0 Å². The van der Waals surface area contributed by atoms with Crippen LogP contribution in [0.25, 0.3) is 11.1 Å². The Morgan fingerprint density at radius 1 is 1.00 bits per heavy atom. The zero-order chi connectivity index (χ0) is 24.4. The number of aliphatic hydroxyl groups is 1. The fourth-order valence-corrected chi connectivity index (χ4v) is 6.95. The smallest absolute Gasteiger partial charge is 0.243 e. The van der Waals surface area contributed by atoms with Crippen LogP contribution in [0.4, 0.5) is 0 Å². The van der Waals surface area contributed by atoms with Crippen LogP contribution < -0.4 is 4.74 Å². The lowest BCUT2D eigenvalue weighted by Crippen LogP contribution is -2.67. The molecule has 2 aliphatic heterocycles. The summed E-state index contributed by atoms with van der Waals surface area (Å²) in [7, 11) is -2.08. The minimum absolute atomic E-state index is 0.00659. The molecular formula is C27H31N3O4S. The molecule has 3 aromatic rings. The number of hydrogen-bond acceptors (Lipinski definition) is 6. The fourth-order valence-electron chi connectivity index (χ4n) is 5.46. The van der Waals surface area contributed by atoms with E-state index in [1.165, 1.54) is 0 Å². The summed E-state index contributed by atoms with van der Waals surface area (Å²) in [5, 5.41) is 10.2. The number of sulfonamides is 1. The van der Waals surface area contributed by atoms with Crippen LogP contribution in [0.2, 0.25) is 0 Å². The quantitative estimate of drug-likeness (QED) is 0.567. The van der Waals surface area contributed by atoms with Crippen LogP contribution in [0.15, 0.2) is 78.0 Å². The van der Waals surface area contributed by atoms with Gasteiger partial charge < -0.3 is 9.84 Å². The van der Waals surface area contributed by atoms with Gasteiger partial charge in [-0.25, -0.2) is 8.42 Å². The Morgan fingerprint density at radius 3 is 2.40 bits per heavy atom. The number of aromatic nitrogens is 1. The van der Waals surface area contributed by atoms with Gasteiger partial charge in [0.25, 0.3) is 0 Å². The minimum atomic E-state index is -3.64. The third-order valence-electron chi connectivity index (χ3n) is 7.32. The van der Waals surface area contributed by atoms with Gasteiger partial charge in [0.1, 0.15) is 5.75 Å². The van der Waals surface area contributed by atoms with E-state index in [4.69, 9.17) is 4.74 Å². The van der Waals surface area contributed by atoms with Crippen molar-refractivity contribution in [1.29, 1.82) is 0 Å². The molecule has 0 amide bonds. The second-order valence-corrected chi connectivity index (χ2v) is 11.1. The number of aliphatic hydroxyl groups excluding tert-OH is 1. The Labute approximate surface area is 207 Å². The van der Waals surface area contributed by atoms with Crippen molar-refractivity contribution in [2.75, 3.05) is 33.4 Å². The number of rotatable bonds is 6. The highest BCUT2D eigenvalue weighted by Gasteiger charge is 2.50. The number of ether oxygens (including phenoxy) is 1. The van der Waals surface area contributed by atoms with Crippen LogP contribution in [-0.4, -0.2) is 73.1 Å². The van der Waals surface area contributed by atoms with Gasteiger partial charge in [0.05, 0.1) is 18.6 Å². The van der Waals surface area contributed by atoms with Gasteiger partial charge in [0.15, 0.2) is 0 Å². The maximum Gasteiger partial charge on any atom is 0.243 e. The van der Waals surface area contributed by atoms with Gasteiger partial charge in [0, 0.05) is 43.5 Å². The maximum absolute atomic E-state index is 13.5. The van der Waals surface area contributed by atoms with E-state index in [0.29, 0.717) is 18.8 Å². The number of pyridine rings is 1. The summed E-state index contributed by atoms with van der Waals surface area (Å²) in [6, 6.07) is 18.9. The van der Waals surface area contributed by atoms with Gasteiger partial charge in [-0.1, -0.05) is 30.3 Å². The Morgan fingerprint density at radius 2 is 1.74 bits per heavy atom. The number of hydrogen-bond donors (Lipinski definition) is 1. The lowest BCUT2D eigenvalue weighted by molar-refractivity contribution is -0.0553. The van der Waals surface area contributed by atoms with Crippen LogP contribution in [0.1, 0.15) is 24.3 Å². The molecule has 3 heterocycles. The Hall–Kier alpha value is -2.78. The predicted octanol–water partition coefficient (Wildman–Crippen LogP) is 3.37. The fraction of sp³-hybridized carbons (Fsp3) is 0.370. The van der Waals surface area contributed by atoms with Crippen molar-refractivity contribution in [1.82, 2.24) is 14.2 Å². The van der Waals surface area contributed by atoms with Crippen LogP contribution in [-0.2, 0) is 10.0 Å². The molecule has 0 saturated carbocycles. The molecule has 2 saturated heterocycles. The largest absolute Gasteiger partial charge is 0.497 e. The Kier molecular flexibility index (Phi) is 6.88. The lowest BCUT2D eigenvalue weighted by Gasteiger charge is -2.57. The molecule has 0 aliphatic carbocycles. The third-order valence-corrected chi connectivity index (χ3v) is 9.20. The average Bonchev–Trinajstić information content (AvgIpc) is 2.88. The standard InChI is InChI=1S/C27H31N3O4S/c1-34-23-10-12-24(13-11-23)35(32,33)29-15-2-3-16-30-25(18-29)27(26(30)19-31)21-8-6-20(7-9-21)22-5-4-14-28-17-22/h4-14,17,25-27,31H,2-3,15-16,18-19H2,1H3/t25-,26-,27-/m1/s1.